The first kappa shape index (κ1) is 8.77. The van der Waals surface area contributed by atoms with Crippen LogP contribution in [0.15, 0.2) is 4.40 Å². The number of hydrogen-bond acceptors (Lipinski definition) is 3. The minimum absolute atomic E-state index is 0.0671. The van der Waals surface area contributed by atoms with E-state index in [1.54, 1.807) is 6.26 Å². The lowest BCUT2D eigenvalue weighted by atomic mass is 11.4. The molecule has 0 unspecified atom stereocenters. The van der Waals surface area contributed by atoms with Gasteiger partial charge in [-0.25, -0.2) is 8.42 Å². The Morgan fingerprint density at radius 3 is 2.22 bits per heavy atom. The van der Waals surface area contributed by atoms with E-state index in [2.05, 4.69) is 4.40 Å². The van der Waals surface area contributed by atoms with Crippen molar-refractivity contribution < 1.29 is 8.42 Å². The van der Waals surface area contributed by atoms with Crippen LogP contribution in [-0.2, 0) is 10.0 Å². The molecule has 0 amide bonds. The predicted octanol–water partition coefficient (Wildman–Crippen LogP) is -0.376. The molecule has 0 aromatic carbocycles. The van der Waals surface area contributed by atoms with Gasteiger partial charge in [0.25, 0.3) is 10.0 Å². The van der Waals surface area contributed by atoms with Crippen LogP contribution in [0.4, 0.5) is 0 Å². The third-order valence-corrected chi connectivity index (χ3v) is 1.62. The molecule has 4 nitrogen and oxygen atoms in total. The van der Waals surface area contributed by atoms with E-state index in [4.69, 9.17) is 5.73 Å². The summed E-state index contributed by atoms with van der Waals surface area (Å²) in [6.07, 6.45) is 2.65. The highest BCUT2D eigenvalue weighted by molar-refractivity contribution is 8.13. The van der Waals surface area contributed by atoms with Crippen molar-refractivity contribution in [2.24, 2.45) is 10.1 Å². The molecule has 0 spiro atoms. The second-order valence-electron chi connectivity index (χ2n) is 1.37. The maximum Gasteiger partial charge on any atom is 0.252 e. The lowest BCUT2D eigenvalue weighted by Crippen LogP contribution is -2.08. The van der Waals surface area contributed by atoms with Gasteiger partial charge < -0.3 is 5.73 Å². The molecule has 0 atom stereocenters. The second-order valence-corrected chi connectivity index (χ2v) is 3.84. The van der Waals surface area contributed by atoms with Crippen LogP contribution in [0.25, 0.3) is 0 Å². The van der Waals surface area contributed by atoms with Gasteiger partial charge in [-0.3, -0.25) is 0 Å². The summed E-state index contributed by atoms with van der Waals surface area (Å²) in [7, 11) is -3.29. The molecule has 0 aliphatic carbocycles. The topological polar surface area (TPSA) is 72.5 Å². The van der Waals surface area contributed by atoms with Crippen LogP contribution in [0.3, 0.4) is 0 Å². The van der Waals surface area contributed by atoms with E-state index in [9.17, 15) is 8.42 Å². The van der Waals surface area contributed by atoms with Crippen molar-refractivity contribution in [3.05, 3.63) is 0 Å². The molecule has 0 aromatic rings. The molecular weight excluding hydrogens is 160 g/mol. The minimum atomic E-state index is -3.29. The van der Waals surface area contributed by atoms with Crippen LogP contribution in [0.1, 0.15) is 0 Å². The highest BCUT2D eigenvalue weighted by atomic mass is 32.2. The van der Waals surface area contributed by atoms with Gasteiger partial charge in [0.15, 0.2) is 5.17 Å². The molecular formula is C3H8N2O2S2. The van der Waals surface area contributed by atoms with Crippen LogP contribution >= 0.6 is 11.8 Å². The summed E-state index contributed by atoms with van der Waals surface area (Å²) >= 11 is 1.10. The smallest absolute Gasteiger partial charge is 0.252 e. The molecule has 6 heteroatoms. The number of nitrogens with two attached hydrogens (primary N) is 1. The summed E-state index contributed by atoms with van der Waals surface area (Å²) in [5.41, 5.74) is 5.09. The van der Waals surface area contributed by atoms with Crippen molar-refractivity contribution in [3.63, 3.8) is 0 Å². The van der Waals surface area contributed by atoms with Crippen LogP contribution in [0.2, 0.25) is 0 Å². The lowest BCUT2D eigenvalue weighted by molar-refractivity contribution is 0.604. The molecule has 0 saturated carbocycles. The zero-order chi connectivity index (χ0) is 7.49. The molecule has 0 fully saturated rings. The number of hydrogen-bond donors (Lipinski definition) is 1. The van der Waals surface area contributed by atoms with Crippen LogP contribution < -0.4 is 5.73 Å². The fourth-order valence-electron chi connectivity index (χ4n) is 0.201. The van der Waals surface area contributed by atoms with Gasteiger partial charge in [0.05, 0.1) is 6.26 Å². The van der Waals surface area contributed by atoms with Crippen LogP contribution in [-0.4, -0.2) is 26.1 Å². The molecule has 54 valence electrons. The molecule has 2 N–H and O–H groups in total. The van der Waals surface area contributed by atoms with E-state index in [1.807, 2.05) is 0 Å². The van der Waals surface area contributed by atoms with Gasteiger partial charge in [-0.2, -0.15) is 0 Å². The summed E-state index contributed by atoms with van der Waals surface area (Å²) in [5.74, 6) is 0. The van der Waals surface area contributed by atoms with Gasteiger partial charge in [0, 0.05) is 0 Å². The Morgan fingerprint density at radius 2 is 2.11 bits per heavy atom. The van der Waals surface area contributed by atoms with Gasteiger partial charge in [-0.05, 0) is 6.26 Å². The zero-order valence-corrected chi connectivity index (χ0v) is 6.79. The third kappa shape index (κ3) is 5.64. The summed E-state index contributed by atoms with van der Waals surface area (Å²) in [6, 6.07) is 0. The molecule has 0 saturated heterocycles. The second kappa shape index (κ2) is 3.07. The third-order valence-electron chi connectivity index (χ3n) is 0.465. The number of rotatable bonds is 1. The summed E-state index contributed by atoms with van der Waals surface area (Å²) < 4.78 is 23.8. The SMILES string of the molecule is CSC(N)=NS(C)(=O)=O. The van der Waals surface area contributed by atoms with Crippen molar-refractivity contribution in [1.29, 1.82) is 0 Å². The molecule has 0 radical (unpaired) electrons. The average molecular weight is 168 g/mol. The molecule has 9 heavy (non-hydrogen) atoms. The van der Waals surface area contributed by atoms with Gasteiger partial charge >= 0.3 is 0 Å². The van der Waals surface area contributed by atoms with Crippen LogP contribution in [0, 0.1) is 0 Å². The van der Waals surface area contributed by atoms with E-state index in [0.29, 0.717) is 0 Å². The van der Waals surface area contributed by atoms with Crippen molar-refractivity contribution in [2.75, 3.05) is 12.5 Å². The van der Waals surface area contributed by atoms with E-state index < -0.39 is 10.0 Å². The van der Waals surface area contributed by atoms with E-state index in [0.717, 1.165) is 18.0 Å². The number of thioether (sulfide) groups is 1. The monoisotopic (exact) mass is 168 g/mol. The fourth-order valence-corrected chi connectivity index (χ4v) is 1.23. The maximum absolute atomic E-state index is 10.3. The molecule has 0 aliphatic rings. The maximum atomic E-state index is 10.3. The molecule has 0 rings (SSSR count). The highest BCUT2D eigenvalue weighted by Crippen LogP contribution is 1.94. The first-order valence-electron chi connectivity index (χ1n) is 2.05. The highest BCUT2D eigenvalue weighted by Gasteiger charge is 1.96. The Bertz CT molecular complexity index is 206. The van der Waals surface area contributed by atoms with Crippen molar-refractivity contribution >= 4 is 27.0 Å². The lowest BCUT2D eigenvalue weighted by Gasteiger charge is -1.89. The zero-order valence-electron chi connectivity index (χ0n) is 5.16. The molecule has 0 aliphatic heterocycles. The fraction of sp³-hybridized carbons (Fsp3) is 0.667. The van der Waals surface area contributed by atoms with E-state index >= 15 is 0 Å². The van der Waals surface area contributed by atoms with Crippen molar-refractivity contribution in [2.45, 2.75) is 0 Å². The number of amidine groups is 1. The Hall–Kier alpha value is -0.230. The first-order valence-corrected chi connectivity index (χ1v) is 5.12. The number of sulfonamides is 1. The summed E-state index contributed by atoms with van der Waals surface area (Å²) in [4.78, 5) is 0. The Kier molecular flexibility index (Phi) is 2.99. The average Bonchev–Trinajstić information content (AvgIpc) is 1.62. The van der Waals surface area contributed by atoms with Crippen LogP contribution in [0.5, 0.6) is 0 Å². The van der Waals surface area contributed by atoms with Crippen molar-refractivity contribution in [3.8, 4) is 0 Å². The van der Waals surface area contributed by atoms with Gasteiger partial charge in [0.1, 0.15) is 0 Å². The van der Waals surface area contributed by atoms with Gasteiger partial charge in [-0.1, -0.05) is 11.8 Å². The largest absolute Gasteiger partial charge is 0.378 e. The summed E-state index contributed by atoms with van der Waals surface area (Å²) in [6.45, 7) is 0. The van der Waals surface area contributed by atoms with Gasteiger partial charge in [-0.15, -0.1) is 4.40 Å². The number of nitrogens with zero attached hydrogens (tertiary/aromatic N) is 1. The predicted molar refractivity (Wildman–Crippen MR) is 40.0 cm³/mol. The molecule has 0 bridgehead atoms. The normalized spacial score (nSPS) is 13.8. The van der Waals surface area contributed by atoms with E-state index in [1.165, 1.54) is 0 Å². The first-order chi connectivity index (χ1) is 3.95. The standard InChI is InChI=1S/C3H8N2O2S2/c1-8-3(4)5-9(2,6)7/h1-2H3,(H2,4,5). The Balaban J connectivity index is 4.32. The minimum Gasteiger partial charge on any atom is -0.378 e. The van der Waals surface area contributed by atoms with E-state index in [-0.39, 0.29) is 5.17 Å². The van der Waals surface area contributed by atoms with Crippen molar-refractivity contribution in [1.82, 2.24) is 0 Å². The quantitative estimate of drug-likeness (QED) is 0.428. The summed E-state index contributed by atoms with van der Waals surface area (Å²) in [5, 5.41) is 0.0671. The Labute approximate surface area is 58.6 Å². The molecule has 0 aromatic heterocycles. The molecule has 0 heterocycles. The Morgan fingerprint density at radius 1 is 1.67 bits per heavy atom. The van der Waals surface area contributed by atoms with Gasteiger partial charge in [0.2, 0.25) is 0 Å².